The van der Waals surface area contributed by atoms with E-state index in [4.69, 9.17) is 0 Å². The number of amides is 3. The van der Waals surface area contributed by atoms with Crippen molar-refractivity contribution in [1.29, 1.82) is 0 Å². The van der Waals surface area contributed by atoms with Crippen molar-refractivity contribution >= 4 is 29.2 Å². The third kappa shape index (κ3) is 5.65. The molecule has 5 rings (SSSR count). The number of aryl methyl sites for hydroxylation is 1. The number of imidazole rings is 1. The van der Waals surface area contributed by atoms with Crippen LogP contribution >= 0.6 is 0 Å². The van der Waals surface area contributed by atoms with E-state index in [2.05, 4.69) is 20.7 Å². The van der Waals surface area contributed by atoms with Gasteiger partial charge in [0.15, 0.2) is 11.5 Å². The maximum atomic E-state index is 14.0. The minimum atomic E-state index is -2.98. The molecule has 4 aromatic rings. The molecule has 40 heavy (non-hydrogen) atoms. The van der Waals surface area contributed by atoms with Gasteiger partial charge < -0.3 is 15.5 Å². The van der Waals surface area contributed by atoms with E-state index >= 15 is 0 Å². The normalized spacial score (nSPS) is 14.4. The van der Waals surface area contributed by atoms with Crippen LogP contribution in [0.15, 0.2) is 54.7 Å². The van der Waals surface area contributed by atoms with Crippen molar-refractivity contribution in [3.8, 4) is 11.3 Å². The highest BCUT2D eigenvalue weighted by Gasteiger charge is 2.40. The zero-order valence-electron chi connectivity index (χ0n) is 21.7. The number of nitrogens with one attached hydrogen (secondary N) is 2. The van der Waals surface area contributed by atoms with Crippen molar-refractivity contribution in [1.82, 2.24) is 24.8 Å². The summed E-state index contributed by atoms with van der Waals surface area (Å²) in [6.45, 7) is 2.18. The Morgan fingerprint density at radius 3 is 2.58 bits per heavy atom. The topological polar surface area (TPSA) is 109 Å². The van der Waals surface area contributed by atoms with Crippen molar-refractivity contribution in [2.24, 2.45) is 0 Å². The SMILES string of the molecule is CC(=O)Nc1cn2nc(-c3ccc(C)c(C(=O)NCc4ccc(F)cc4C(=O)N4CCC(F)(F)C4)c3)ccc2n1. The Bertz CT molecular complexity index is 1650. The van der Waals surface area contributed by atoms with Gasteiger partial charge in [-0.15, -0.1) is 0 Å². The maximum absolute atomic E-state index is 14.0. The van der Waals surface area contributed by atoms with Crippen LogP contribution in [-0.2, 0) is 11.3 Å². The molecule has 3 amide bonds. The first-order valence-electron chi connectivity index (χ1n) is 12.5. The molecule has 9 nitrogen and oxygen atoms in total. The Hall–Kier alpha value is -4.74. The molecule has 1 aliphatic heterocycles. The molecular formula is C28H25F3N6O3. The third-order valence-corrected chi connectivity index (χ3v) is 6.60. The minimum Gasteiger partial charge on any atom is -0.348 e. The summed E-state index contributed by atoms with van der Waals surface area (Å²) in [6, 6.07) is 12.2. The first-order valence-corrected chi connectivity index (χ1v) is 12.5. The van der Waals surface area contributed by atoms with E-state index in [9.17, 15) is 27.6 Å². The second-order valence-electron chi connectivity index (χ2n) is 9.68. The molecule has 1 fully saturated rings. The molecule has 0 atom stereocenters. The number of hydrogen-bond acceptors (Lipinski definition) is 5. The predicted octanol–water partition coefficient (Wildman–Crippen LogP) is 4.21. The molecule has 2 N–H and O–H groups in total. The number of hydrogen-bond donors (Lipinski definition) is 2. The molecule has 2 aromatic carbocycles. The Morgan fingerprint density at radius 2 is 1.85 bits per heavy atom. The smallest absolute Gasteiger partial charge is 0.267 e. The lowest BCUT2D eigenvalue weighted by Gasteiger charge is -2.19. The van der Waals surface area contributed by atoms with Gasteiger partial charge in [0.05, 0.1) is 18.4 Å². The fourth-order valence-electron chi connectivity index (χ4n) is 4.55. The highest BCUT2D eigenvalue weighted by Crippen LogP contribution is 2.29. The number of carbonyl (C=O) groups is 3. The van der Waals surface area contributed by atoms with E-state index in [1.165, 1.54) is 17.5 Å². The van der Waals surface area contributed by atoms with E-state index in [1.54, 1.807) is 37.4 Å². The lowest BCUT2D eigenvalue weighted by molar-refractivity contribution is -0.114. The minimum absolute atomic E-state index is 0.0695. The van der Waals surface area contributed by atoms with Gasteiger partial charge in [-0.25, -0.2) is 22.7 Å². The standard InChI is InChI=1S/C28H25F3N6O3/c1-16-3-4-18(23-7-8-25-34-24(33-17(2)38)14-37(25)35-23)11-21(16)26(39)32-13-19-5-6-20(29)12-22(19)27(40)36-10-9-28(30,31)15-36/h3-8,11-12,14H,9-10,13,15H2,1-2H3,(H,32,39)(H,33,38). The monoisotopic (exact) mass is 550 g/mol. The fourth-order valence-corrected chi connectivity index (χ4v) is 4.55. The molecule has 1 aliphatic rings. The van der Waals surface area contributed by atoms with Gasteiger partial charge in [0, 0.05) is 43.1 Å². The summed E-state index contributed by atoms with van der Waals surface area (Å²) < 4.78 is 42.8. The molecule has 206 valence electrons. The molecule has 2 aromatic heterocycles. The van der Waals surface area contributed by atoms with Crippen LogP contribution in [0.2, 0.25) is 0 Å². The molecule has 0 unspecified atom stereocenters. The van der Waals surface area contributed by atoms with Crippen LogP contribution in [0.5, 0.6) is 0 Å². The quantitative estimate of drug-likeness (QED) is 0.374. The number of benzene rings is 2. The fraction of sp³-hybridized carbons (Fsp3) is 0.250. The summed E-state index contributed by atoms with van der Waals surface area (Å²) in [6.07, 6.45) is 1.13. The highest BCUT2D eigenvalue weighted by atomic mass is 19.3. The second-order valence-corrected chi connectivity index (χ2v) is 9.68. The van der Waals surface area contributed by atoms with Gasteiger partial charge in [0.1, 0.15) is 5.82 Å². The zero-order chi connectivity index (χ0) is 28.6. The third-order valence-electron chi connectivity index (χ3n) is 6.60. The van der Waals surface area contributed by atoms with Crippen molar-refractivity contribution in [2.75, 3.05) is 18.4 Å². The lowest BCUT2D eigenvalue weighted by atomic mass is 10.0. The number of nitrogens with zero attached hydrogens (tertiary/aromatic N) is 4. The van der Waals surface area contributed by atoms with Crippen molar-refractivity contribution < 1.29 is 27.6 Å². The van der Waals surface area contributed by atoms with Crippen LogP contribution < -0.4 is 10.6 Å². The summed E-state index contributed by atoms with van der Waals surface area (Å²) >= 11 is 0. The largest absolute Gasteiger partial charge is 0.348 e. The molecular weight excluding hydrogens is 525 g/mol. The van der Waals surface area contributed by atoms with Gasteiger partial charge in [-0.2, -0.15) is 5.10 Å². The summed E-state index contributed by atoms with van der Waals surface area (Å²) in [5, 5.41) is 9.88. The first-order chi connectivity index (χ1) is 19.0. The van der Waals surface area contributed by atoms with Gasteiger partial charge >= 0.3 is 0 Å². The molecule has 0 radical (unpaired) electrons. The van der Waals surface area contributed by atoms with E-state index in [-0.39, 0.29) is 24.6 Å². The van der Waals surface area contributed by atoms with Crippen LogP contribution in [0.3, 0.4) is 0 Å². The summed E-state index contributed by atoms with van der Waals surface area (Å²) in [5.74, 6) is -4.70. The van der Waals surface area contributed by atoms with Crippen LogP contribution in [0.4, 0.5) is 19.0 Å². The van der Waals surface area contributed by atoms with Crippen LogP contribution in [0.25, 0.3) is 16.9 Å². The number of fused-ring (bicyclic) bond motifs is 1. The number of aromatic nitrogens is 3. The average Bonchev–Trinajstić information content (AvgIpc) is 3.48. The average molecular weight is 551 g/mol. The molecule has 0 bridgehead atoms. The number of halogens is 3. The summed E-state index contributed by atoms with van der Waals surface area (Å²) in [4.78, 5) is 42.7. The zero-order valence-corrected chi connectivity index (χ0v) is 21.7. The lowest BCUT2D eigenvalue weighted by Crippen LogP contribution is -2.33. The predicted molar refractivity (Wildman–Crippen MR) is 141 cm³/mol. The maximum Gasteiger partial charge on any atom is 0.267 e. The van der Waals surface area contributed by atoms with Gasteiger partial charge in [-0.05, 0) is 48.4 Å². The Morgan fingerprint density at radius 1 is 1.05 bits per heavy atom. The van der Waals surface area contributed by atoms with Crippen molar-refractivity contribution in [3.05, 3.63) is 82.8 Å². The molecule has 0 saturated carbocycles. The van der Waals surface area contributed by atoms with Crippen LogP contribution in [0.1, 0.15) is 45.2 Å². The summed E-state index contributed by atoms with van der Waals surface area (Å²) in [5.41, 5.74) is 3.03. The number of likely N-dealkylation sites (tertiary alicyclic amines) is 1. The number of carbonyl (C=O) groups excluding carboxylic acids is 3. The van der Waals surface area contributed by atoms with E-state index in [1.807, 2.05) is 6.07 Å². The van der Waals surface area contributed by atoms with E-state index in [0.29, 0.717) is 39.4 Å². The number of alkyl halides is 2. The molecule has 0 aliphatic carbocycles. The Labute approximate surface area is 227 Å². The molecule has 12 heteroatoms. The van der Waals surface area contributed by atoms with E-state index in [0.717, 1.165) is 17.0 Å². The first kappa shape index (κ1) is 26.9. The van der Waals surface area contributed by atoms with E-state index < -0.39 is 36.5 Å². The molecule has 0 spiro atoms. The number of rotatable bonds is 6. The van der Waals surface area contributed by atoms with Gasteiger partial charge in [-0.3, -0.25) is 14.4 Å². The highest BCUT2D eigenvalue weighted by molar-refractivity contribution is 5.98. The Balaban J connectivity index is 1.35. The van der Waals surface area contributed by atoms with Gasteiger partial charge in [0.2, 0.25) is 5.91 Å². The molecule has 3 heterocycles. The second kappa shape index (κ2) is 10.4. The van der Waals surface area contributed by atoms with Crippen LogP contribution in [-0.4, -0.2) is 56.2 Å². The van der Waals surface area contributed by atoms with Gasteiger partial charge in [0.25, 0.3) is 17.7 Å². The van der Waals surface area contributed by atoms with Crippen LogP contribution in [0, 0.1) is 12.7 Å². The summed E-state index contributed by atoms with van der Waals surface area (Å²) in [7, 11) is 0. The number of anilines is 1. The molecule has 1 saturated heterocycles. The van der Waals surface area contributed by atoms with Gasteiger partial charge in [-0.1, -0.05) is 18.2 Å². The van der Waals surface area contributed by atoms with Crippen molar-refractivity contribution in [3.63, 3.8) is 0 Å². The Kier molecular flexibility index (Phi) is 7.01. The van der Waals surface area contributed by atoms with Crippen molar-refractivity contribution in [2.45, 2.75) is 32.7 Å².